The molecule has 0 amide bonds. The molecule has 0 spiro atoms. The Labute approximate surface area is 140 Å². The van der Waals surface area contributed by atoms with Crippen molar-refractivity contribution in [3.05, 3.63) is 0 Å². The van der Waals surface area contributed by atoms with E-state index in [1.54, 1.807) is 0 Å². The van der Waals surface area contributed by atoms with Gasteiger partial charge in [-0.25, -0.2) is 13.1 Å². The fourth-order valence-corrected chi connectivity index (χ4v) is 1.83. The van der Waals surface area contributed by atoms with Crippen LogP contribution < -0.4 is 15.4 Å². The average Bonchev–Trinajstić information content (AvgIpc) is 2.34. The van der Waals surface area contributed by atoms with Gasteiger partial charge in [0, 0.05) is 26.7 Å². The lowest BCUT2D eigenvalue weighted by Gasteiger charge is -2.13. The van der Waals surface area contributed by atoms with Crippen molar-refractivity contribution in [3.8, 4) is 0 Å². The number of nitrogens with one attached hydrogen (secondary N) is 3. The number of sulfonamides is 1. The smallest absolute Gasteiger partial charge is 0.356 e. The van der Waals surface area contributed by atoms with Crippen LogP contribution in [0.5, 0.6) is 0 Å². The minimum atomic E-state index is -4.20. The number of hydrogen-bond acceptors (Lipinski definition) is 3. The lowest BCUT2D eigenvalue weighted by Crippen LogP contribution is -2.40. The second-order valence-electron chi connectivity index (χ2n) is 3.94. The predicted molar refractivity (Wildman–Crippen MR) is 87.5 cm³/mol. The Morgan fingerprint density at radius 1 is 1.14 bits per heavy atom. The summed E-state index contributed by atoms with van der Waals surface area (Å²) < 4.78 is 60.4. The third-order valence-corrected chi connectivity index (χ3v) is 3.68. The van der Waals surface area contributed by atoms with Crippen LogP contribution in [0.15, 0.2) is 4.99 Å². The van der Waals surface area contributed by atoms with E-state index in [9.17, 15) is 21.6 Å². The summed E-state index contributed by atoms with van der Waals surface area (Å²) in [6.45, 7) is 1.94. The van der Waals surface area contributed by atoms with Crippen LogP contribution in [-0.2, 0) is 10.0 Å². The third kappa shape index (κ3) is 14.4. The van der Waals surface area contributed by atoms with Gasteiger partial charge in [-0.2, -0.15) is 13.2 Å². The van der Waals surface area contributed by atoms with E-state index in [1.165, 1.54) is 14.0 Å². The Kier molecular flexibility index (Phi) is 12.4. The molecular weight excluding hydrogens is 424 g/mol. The zero-order valence-electron chi connectivity index (χ0n) is 12.0. The normalized spacial score (nSPS) is 12.7. The summed E-state index contributed by atoms with van der Waals surface area (Å²) in [4.78, 5) is 3.76. The zero-order chi connectivity index (χ0) is 15.6. The van der Waals surface area contributed by atoms with Crippen LogP contribution in [0, 0.1) is 0 Å². The highest BCUT2D eigenvalue weighted by Crippen LogP contribution is 2.17. The van der Waals surface area contributed by atoms with Gasteiger partial charge in [-0.05, 0) is 13.3 Å². The topological polar surface area (TPSA) is 82.6 Å². The van der Waals surface area contributed by atoms with Crippen molar-refractivity contribution in [3.63, 3.8) is 0 Å². The molecule has 0 aromatic carbocycles. The van der Waals surface area contributed by atoms with E-state index in [4.69, 9.17) is 0 Å². The van der Waals surface area contributed by atoms with E-state index in [2.05, 4.69) is 20.3 Å². The monoisotopic (exact) mass is 446 g/mol. The number of aliphatic imine (C=N–C) groups is 1. The maximum Gasteiger partial charge on any atom is 0.390 e. The maximum absolute atomic E-state index is 11.9. The van der Waals surface area contributed by atoms with E-state index in [0.717, 1.165) is 0 Å². The van der Waals surface area contributed by atoms with Crippen molar-refractivity contribution in [2.75, 3.05) is 32.4 Å². The molecule has 0 rings (SSSR count). The molecule has 11 heteroatoms. The molecule has 0 aliphatic carbocycles. The summed E-state index contributed by atoms with van der Waals surface area (Å²) in [5, 5.41) is 5.32. The molecular formula is C10H22F3IN4O2S. The minimum Gasteiger partial charge on any atom is -0.356 e. The van der Waals surface area contributed by atoms with Gasteiger partial charge >= 0.3 is 6.18 Å². The Hall–Kier alpha value is -0.300. The Bertz CT molecular complexity index is 402. The van der Waals surface area contributed by atoms with E-state index >= 15 is 0 Å². The van der Waals surface area contributed by atoms with Gasteiger partial charge < -0.3 is 10.6 Å². The summed E-state index contributed by atoms with van der Waals surface area (Å²) in [5.74, 6) is 0.272. The number of rotatable bonds is 8. The van der Waals surface area contributed by atoms with Crippen LogP contribution in [0.1, 0.15) is 19.8 Å². The molecule has 0 aromatic heterocycles. The second kappa shape index (κ2) is 11.3. The second-order valence-corrected chi connectivity index (χ2v) is 6.04. The summed E-state index contributed by atoms with van der Waals surface area (Å²) >= 11 is 0. The van der Waals surface area contributed by atoms with Gasteiger partial charge in [0.05, 0.1) is 12.2 Å². The van der Waals surface area contributed by atoms with E-state index in [1.807, 2.05) is 0 Å². The minimum absolute atomic E-state index is 0. The van der Waals surface area contributed by atoms with Crippen molar-refractivity contribution in [1.82, 2.24) is 15.4 Å². The Morgan fingerprint density at radius 2 is 1.71 bits per heavy atom. The number of nitrogens with zero attached hydrogens (tertiary/aromatic N) is 1. The summed E-state index contributed by atoms with van der Waals surface area (Å²) in [7, 11) is -1.76. The molecule has 0 atom stereocenters. The van der Waals surface area contributed by atoms with Gasteiger partial charge in [0.1, 0.15) is 0 Å². The molecule has 21 heavy (non-hydrogen) atoms. The summed E-state index contributed by atoms with van der Waals surface area (Å²) in [6.07, 6.45) is -4.65. The summed E-state index contributed by atoms with van der Waals surface area (Å²) in [5.41, 5.74) is 0. The molecule has 0 unspecified atom stereocenters. The summed E-state index contributed by atoms with van der Waals surface area (Å²) in [6, 6.07) is 0. The fourth-order valence-electron chi connectivity index (χ4n) is 1.17. The first kappa shape index (κ1) is 23.0. The highest BCUT2D eigenvalue weighted by molar-refractivity contribution is 14.0. The molecule has 0 saturated heterocycles. The van der Waals surface area contributed by atoms with Crippen LogP contribution in [0.2, 0.25) is 0 Å². The van der Waals surface area contributed by atoms with Crippen molar-refractivity contribution < 1.29 is 21.6 Å². The van der Waals surface area contributed by atoms with Crippen molar-refractivity contribution in [2.45, 2.75) is 25.9 Å². The molecule has 0 bridgehead atoms. The number of hydrogen-bond donors (Lipinski definition) is 3. The molecule has 128 valence electrons. The molecule has 0 radical (unpaired) electrons. The largest absolute Gasteiger partial charge is 0.390 e. The molecule has 0 saturated carbocycles. The van der Waals surface area contributed by atoms with Crippen molar-refractivity contribution in [2.24, 2.45) is 4.99 Å². The standard InChI is InChI=1S/C10H21F3N4O2S.HI/c1-3-20(18,19)17-7-4-6-15-9(14-2)16-8-5-10(11,12)13;/h17H,3-8H2,1-2H3,(H2,14,15,16);1H. The molecule has 3 N–H and O–H groups in total. The predicted octanol–water partition coefficient (Wildman–Crippen LogP) is 1.05. The number of halogens is 4. The van der Waals surface area contributed by atoms with Crippen molar-refractivity contribution >= 4 is 40.0 Å². The molecule has 0 aliphatic rings. The third-order valence-electron chi connectivity index (χ3n) is 2.27. The Morgan fingerprint density at radius 3 is 2.19 bits per heavy atom. The molecule has 0 aromatic rings. The molecule has 0 heterocycles. The first-order valence-corrected chi connectivity index (χ1v) is 7.84. The van der Waals surface area contributed by atoms with Crippen LogP contribution in [-0.4, -0.2) is 53.0 Å². The number of guanidine groups is 1. The zero-order valence-corrected chi connectivity index (χ0v) is 15.1. The SMILES string of the molecule is CCS(=O)(=O)NCCCNC(=NC)NCCC(F)(F)F.I. The molecule has 0 aliphatic heterocycles. The van der Waals surface area contributed by atoms with Gasteiger partial charge in [-0.3, -0.25) is 4.99 Å². The average molecular weight is 446 g/mol. The van der Waals surface area contributed by atoms with E-state index in [0.29, 0.717) is 13.0 Å². The Balaban J connectivity index is 0. The van der Waals surface area contributed by atoms with Gasteiger partial charge in [-0.15, -0.1) is 24.0 Å². The first-order chi connectivity index (χ1) is 9.20. The van der Waals surface area contributed by atoms with Crippen LogP contribution in [0.3, 0.4) is 0 Å². The lowest BCUT2D eigenvalue weighted by atomic mass is 10.4. The van der Waals surface area contributed by atoms with Gasteiger partial charge in [0.2, 0.25) is 10.0 Å². The van der Waals surface area contributed by atoms with Crippen LogP contribution in [0.25, 0.3) is 0 Å². The highest BCUT2D eigenvalue weighted by Gasteiger charge is 2.26. The number of alkyl halides is 3. The fraction of sp³-hybridized carbons (Fsp3) is 0.900. The van der Waals surface area contributed by atoms with Crippen LogP contribution in [0.4, 0.5) is 13.2 Å². The maximum atomic E-state index is 11.9. The van der Waals surface area contributed by atoms with Gasteiger partial charge in [0.25, 0.3) is 0 Å². The van der Waals surface area contributed by atoms with Gasteiger partial charge in [0.15, 0.2) is 5.96 Å². The lowest BCUT2D eigenvalue weighted by molar-refractivity contribution is -0.132. The molecule has 0 fully saturated rings. The van der Waals surface area contributed by atoms with Crippen LogP contribution >= 0.6 is 24.0 Å². The molecule has 6 nitrogen and oxygen atoms in total. The van der Waals surface area contributed by atoms with E-state index in [-0.39, 0.29) is 48.8 Å². The highest BCUT2D eigenvalue weighted by atomic mass is 127. The quantitative estimate of drug-likeness (QED) is 0.225. The van der Waals surface area contributed by atoms with E-state index < -0.39 is 22.6 Å². The first-order valence-electron chi connectivity index (χ1n) is 6.19. The van der Waals surface area contributed by atoms with Crippen molar-refractivity contribution in [1.29, 1.82) is 0 Å². The van der Waals surface area contributed by atoms with Gasteiger partial charge in [-0.1, -0.05) is 0 Å².